The van der Waals surface area contributed by atoms with Crippen LogP contribution in [0, 0.1) is 12.7 Å². The summed E-state index contributed by atoms with van der Waals surface area (Å²) in [6.45, 7) is -0.0670. The van der Waals surface area contributed by atoms with Gasteiger partial charge in [0.1, 0.15) is 22.5 Å². The molecule has 3 N–H and O–H groups in total. The van der Waals surface area contributed by atoms with Gasteiger partial charge in [-0.1, -0.05) is 30.7 Å². The highest BCUT2D eigenvalue weighted by molar-refractivity contribution is 7.89. The Morgan fingerprint density at radius 3 is 2.82 bits per heavy atom. The molecule has 12 heteroatoms. The normalized spacial score (nSPS) is 21.5. The van der Waals surface area contributed by atoms with Crippen LogP contribution in [-0.4, -0.2) is 30.3 Å². The summed E-state index contributed by atoms with van der Waals surface area (Å²) >= 11 is 6.17. The smallest absolute Gasteiger partial charge is 0.434 e. The zero-order valence-corrected chi connectivity index (χ0v) is 19.6. The second kappa shape index (κ2) is 8.81. The first-order valence-corrected chi connectivity index (χ1v) is 12.0. The van der Waals surface area contributed by atoms with E-state index in [-0.39, 0.29) is 40.8 Å². The number of benzene rings is 2. The Balaban J connectivity index is 1.83. The molecular formula is C22H23ClFN3O6S. The molecule has 0 radical (unpaired) electrons. The van der Waals surface area contributed by atoms with Gasteiger partial charge in [-0.3, -0.25) is 0 Å². The monoisotopic (exact) mass is 514 g/mol. The van der Waals surface area contributed by atoms with Gasteiger partial charge < -0.3 is 14.3 Å². The van der Waals surface area contributed by atoms with Crippen molar-refractivity contribution in [3.63, 3.8) is 0 Å². The number of ether oxygens (including phenoxy) is 1. The van der Waals surface area contributed by atoms with E-state index in [1.165, 1.54) is 31.2 Å². The number of rotatable bonds is 6. The van der Waals surface area contributed by atoms with Crippen LogP contribution >= 0.6 is 11.6 Å². The molecule has 0 amide bonds. The molecule has 182 valence electrons. The maximum absolute atomic E-state index is 14.9. The van der Waals surface area contributed by atoms with Gasteiger partial charge in [-0.15, -0.1) is 5.10 Å². The molecule has 0 saturated carbocycles. The molecule has 0 fully saturated rings. The third-order valence-corrected chi connectivity index (χ3v) is 7.65. The van der Waals surface area contributed by atoms with E-state index in [1.54, 1.807) is 6.92 Å². The molecule has 0 bridgehead atoms. The first-order chi connectivity index (χ1) is 17.2. The number of H-pyrrole nitrogens is 1. The van der Waals surface area contributed by atoms with Crippen LogP contribution in [0.4, 0.5) is 4.39 Å². The van der Waals surface area contributed by atoms with Crippen molar-refractivity contribution in [3.8, 4) is 5.75 Å². The average molecular weight is 515 g/mol. The number of aromatic amines is 1. The third kappa shape index (κ3) is 4.36. The SMILES string of the molecule is [2H]C([2H])([2H])C1(O)CCOc2c1cccc2S(=O)(=O)N[C@H](c1n[nH]c(=O)o1)[C@H](C)c1c(F)ccc(Cl)c1C. The van der Waals surface area contributed by atoms with Gasteiger partial charge in [0.25, 0.3) is 0 Å². The van der Waals surface area contributed by atoms with Crippen LogP contribution in [0.25, 0.3) is 0 Å². The van der Waals surface area contributed by atoms with Crippen molar-refractivity contribution in [2.75, 3.05) is 6.61 Å². The van der Waals surface area contributed by atoms with E-state index < -0.39 is 50.9 Å². The fourth-order valence-corrected chi connectivity index (χ4v) is 5.61. The van der Waals surface area contributed by atoms with E-state index in [0.717, 1.165) is 6.07 Å². The Morgan fingerprint density at radius 2 is 2.15 bits per heavy atom. The van der Waals surface area contributed by atoms with Crippen LogP contribution in [0.1, 0.15) is 58.8 Å². The fourth-order valence-electron chi connectivity index (χ4n) is 4.00. The van der Waals surface area contributed by atoms with Gasteiger partial charge in [0, 0.05) is 27.0 Å². The molecule has 3 aromatic rings. The summed E-state index contributed by atoms with van der Waals surface area (Å²) in [6, 6.07) is 4.79. The summed E-state index contributed by atoms with van der Waals surface area (Å²) in [6.07, 6.45) is -0.279. The molecule has 1 unspecified atom stereocenters. The van der Waals surface area contributed by atoms with Crippen LogP contribution in [0.5, 0.6) is 5.75 Å². The highest BCUT2D eigenvalue weighted by atomic mass is 35.5. The van der Waals surface area contributed by atoms with Crippen LogP contribution in [0.15, 0.2) is 44.4 Å². The number of hydrogen-bond donors (Lipinski definition) is 3. The molecule has 0 aliphatic carbocycles. The van der Waals surface area contributed by atoms with Gasteiger partial charge in [0.05, 0.1) is 12.2 Å². The topological polar surface area (TPSA) is 135 Å². The van der Waals surface area contributed by atoms with Crippen molar-refractivity contribution in [2.24, 2.45) is 0 Å². The standard InChI is InChI=1S/C22H23ClFN3O6S/c1-11-14(23)7-8-15(24)17(11)12(2)18(20-25-26-21(28)33-20)27-34(30,31)16-6-4-5-13-19(16)32-10-9-22(13,3)29/h4-8,12,18,27,29H,9-10H2,1-3H3,(H,26,28)/t12-,18+,22?/m1/s1/i3D3. The Kier molecular flexibility index (Phi) is 5.34. The van der Waals surface area contributed by atoms with Crippen molar-refractivity contribution in [3.05, 3.63) is 74.3 Å². The van der Waals surface area contributed by atoms with Gasteiger partial charge >= 0.3 is 5.76 Å². The van der Waals surface area contributed by atoms with Gasteiger partial charge in [-0.2, -0.15) is 4.72 Å². The zero-order chi connectivity index (χ0) is 27.3. The first kappa shape index (κ1) is 20.6. The number of fused-ring (bicyclic) bond motifs is 1. The van der Waals surface area contributed by atoms with Crippen LogP contribution < -0.4 is 15.2 Å². The Morgan fingerprint density at radius 1 is 1.38 bits per heavy atom. The largest absolute Gasteiger partial charge is 0.492 e. The number of aromatic nitrogens is 2. The number of nitrogens with one attached hydrogen (secondary N) is 2. The number of aliphatic hydroxyl groups is 1. The van der Waals surface area contributed by atoms with Gasteiger partial charge in [-0.25, -0.2) is 22.7 Å². The predicted octanol–water partition coefficient (Wildman–Crippen LogP) is 3.28. The number of halogens is 2. The molecule has 34 heavy (non-hydrogen) atoms. The number of hydrogen-bond acceptors (Lipinski definition) is 7. The van der Waals surface area contributed by atoms with E-state index in [2.05, 4.69) is 14.9 Å². The van der Waals surface area contributed by atoms with Crippen molar-refractivity contribution in [1.29, 1.82) is 0 Å². The van der Waals surface area contributed by atoms with Gasteiger partial charge in [0.15, 0.2) is 0 Å². The molecular weight excluding hydrogens is 489 g/mol. The van der Waals surface area contributed by atoms with Gasteiger partial charge in [0.2, 0.25) is 15.9 Å². The summed E-state index contributed by atoms with van der Waals surface area (Å²) in [7, 11) is -4.57. The number of para-hydroxylation sites is 1. The van der Waals surface area contributed by atoms with E-state index >= 15 is 0 Å². The minimum atomic E-state index is -4.57. The maximum atomic E-state index is 14.9. The zero-order valence-electron chi connectivity index (χ0n) is 21.1. The molecule has 0 spiro atoms. The number of sulfonamides is 1. The Hall–Kier alpha value is -2.73. The quantitative estimate of drug-likeness (QED) is 0.459. The van der Waals surface area contributed by atoms with Gasteiger partial charge in [-0.05, 0) is 43.1 Å². The molecule has 1 aromatic heterocycles. The van der Waals surface area contributed by atoms with Crippen molar-refractivity contribution < 1.29 is 31.2 Å². The van der Waals surface area contributed by atoms with E-state index in [1.807, 2.05) is 0 Å². The van der Waals surface area contributed by atoms with Crippen molar-refractivity contribution >= 4 is 21.6 Å². The minimum absolute atomic E-state index is 0.0639. The fraction of sp³-hybridized carbons (Fsp3) is 0.364. The van der Waals surface area contributed by atoms with Crippen LogP contribution in [0.3, 0.4) is 0 Å². The summed E-state index contributed by atoms with van der Waals surface area (Å²) in [4.78, 5) is 11.2. The lowest BCUT2D eigenvalue weighted by Crippen LogP contribution is -2.35. The lowest BCUT2D eigenvalue weighted by Gasteiger charge is -2.32. The molecule has 2 aromatic carbocycles. The molecule has 1 aliphatic rings. The highest BCUT2D eigenvalue weighted by Gasteiger charge is 2.38. The average Bonchev–Trinajstić information content (AvgIpc) is 3.25. The summed E-state index contributed by atoms with van der Waals surface area (Å²) in [5.41, 5.74) is -2.14. The molecule has 9 nitrogen and oxygen atoms in total. The Labute approximate surface area is 204 Å². The second-order valence-corrected chi connectivity index (χ2v) is 10.1. The summed E-state index contributed by atoms with van der Waals surface area (Å²) < 4.78 is 78.4. The van der Waals surface area contributed by atoms with Crippen LogP contribution in [-0.2, 0) is 15.6 Å². The summed E-state index contributed by atoms with van der Waals surface area (Å²) in [5, 5.41) is 17.0. The predicted molar refractivity (Wildman–Crippen MR) is 121 cm³/mol. The maximum Gasteiger partial charge on any atom is 0.434 e. The van der Waals surface area contributed by atoms with E-state index in [9.17, 15) is 22.7 Å². The third-order valence-electron chi connectivity index (χ3n) is 5.78. The molecule has 3 atom stereocenters. The first-order valence-electron chi connectivity index (χ1n) is 11.7. The second-order valence-electron chi connectivity index (χ2n) is 8.00. The lowest BCUT2D eigenvalue weighted by atomic mass is 9.90. The molecule has 0 saturated heterocycles. The molecule has 1 aliphatic heterocycles. The lowest BCUT2D eigenvalue weighted by molar-refractivity contribution is 0.0134. The minimum Gasteiger partial charge on any atom is -0.492 e. The van der Waals surface area contributed by atoms with Crippen molar-refractivity contribution in [2.45, 2.75) is 49.6 Å². The Bertz CT molecular complexity index is 1510. The van der Waals surface area contributed by atoms with E-state index in [0.29, 0.717) is 5.56 Å². The molecule has 2 heterocycles. The highest BCUT2D eigenvalue weighted by Crippen LogP contribution is 2.42. The van der Waals surface area contributed by atoms with E-state index in [4.69, 9.17) is 24.9 Å². The van der Waals surface area contributed by atoms with Crippen LogP contribution in [0.2, 0.25) is 5.02 Å². The molecule has 4 rings (SSSR count). The van der Waals surface area contributed by atoms with Crippen molar-refractivity contribution in [1.82, 2.24) is 14.9 Å². The number of nitrogens with zero attached hydrogens (tertiary/aromatic N) is 1. The summed E-state index contributed by atoms with van der Waals surface area (Å²) in [5.74, 6) is -3.32.